The average Bonchev–Trinajstić information content (AvgIpc) is 3.39. The number of para-hydroxylation sites is 1. The number of hydrogen-bond acceptors (Lipinski definition) is 8. The second-order valence-electron chi connectivity index (χ2n) is 7.60. The number of nitrogens with two attached hydrogens (primary N) is 1. The summed E-state index contributed by atoms with van der Waals surface area (Å²) in [6.07, 6.45) is 0. The maximum Gasteiger partial charge on any atom is 0.343 e. The lowest BCUT2D eigenvalue weighted by Crippen LogP contribution is -2.44. The van der Waals surface area contributed by atoms with E-state index in [1.54, 1.807) is 48.5 Å². The van der Waals surface area contributed by atoms with Crippen LogP contribution in [0.25, 0.3) is 22.3 Å². The van der Waals surface area contributed by atoms with Crippen molar-refractivity contribution in [3.63, 3.8) is 0 Å². The fourth-order valence-electron chi connectivity index (χ4n) is 4.88. The highest BCUT2D eigenvalue weighted by atomic mass is 16.5. The molecule has 9 nitrogen and oxygen atoms in total. The third-order valence-electron chi connectivity index (χ3n) is 6.09. The van der Waals surface area contributed by atoms with Gasteiger partial charge in [-0.25, -0.2) is 4.79 Å². The average molecular weight is 429 g/mol. The molecule has 1 aliphatic carbocycles. The van der Waals surface area contributed by atoms with Crippen LogP contribution in [0.5, 0.6) is 0 Å². The number of ether oxygens (including phenoxy) is 1. The molecule has 0 radical (unpaired) electrons. The molecule has 0 fully saturated rings. The molecule has 6 rings (SSSR count). The van der Waals surface area contributed by atoms with Crippen molar-refractivity contribution in [3.05, 3.63) is 75.8 Å². The predicted octanol–water partition coefficient (Wildman–Crippen LogP) is 2.20. The van der Waals surface area contributed by atoms with Gasteiger partial charge in [0.15, 0.2) is 11.2 Å². The van der Waals surface area contributed by atoms with Gasteiger partial charge in [0, 0.05) is 10.9 Å². The van der Waals surface area contributed by atoms with Gasteiger partial charge in [-0.1, -0.05) is 36.4 Å². The van der Waals surface area contributed by atoms with Crippen LogP contribution in [0.3, 0.4) is 0 Å². The van der Waals surface area contributed by atoms with Gasteiger partial charge in [-0.15, -0.1) is 0 Å². The second kappa shape index (κ2) is 6.07. The number of fused-ring (bicyclic) bond motifs is 9. The Balaban J connectivity index is 1.80. The summed E-state index contributed by atoms with van der Waals surface area (Å²) in [5.41, 5.74) is 5.47. The summed E-state index contributed by atoms with van der Waals surface area (Å²) in [7, 11) is 1.23. The summed E-state index contributed by atoms with van der Waals surface area (Å²) >= 11 is 0. The molecule has 0 saturated carbocycles. The Morgan fingerprint density at radius 1 is 1.12 bits per heavy atom. The quantitative estimate of drug-likeness (QED) is 0.379. The van der Waals surface area contributed by atoms with Crippen molar-refractivity contribution in [1.82, 2.24) is 4.98 Å². The van der Waals surface area contributed by atoms with Crippen LogP contribution in [-0.4, -0.2) is 30.5 Å². The second-order valence-corrected chi connectivity index (χ2v) is 7.60. The summed E-state index contributed by atoms with van der Waals surface area (Å²) in [4.78, 5) is 45.4. The lowest BCUT2D eigenvalue weighted by molar-refractivity contribution is -0.140. The maximum atomic E-state index is 14.2. The number of amides is 1. The zero-order chi connectivity index (χ0) is 22.2. The molecule has 158 valence electrons. The zero-order valence-corrected chi connectivity index (χ0v) is 16.7. The first-order valence-electron chi connectivity index (χ1n) is 9.80. The smallest absolute Gasteiger partial charge is 0.343 e. The van der Waals surface area contributed by atoms with Crippen LogP contribution in [0.15, 0.2) is 62.2 Å². The van der Waals surface area contributed by atoms with Gasteiger partial charge in [0.05, 0.1) is 18.4 Å². The molecule has 0 saturated heterocycles. The van der Waals surface area contributed by atoms with Crippen LogP contribution >= 0.6 is 0 Å². The molecular formula is C23H15N3O6. The van der Waals surface area contributed by atoms with Gasteiger partial charge < -0.3 is 19.3 Å². The van der Waals surface area contributed by atoms with Crippen molar-refractivity contribution in [1.29, 1.82) is 0 Å². The number of carbonyl (C=O) groups is 2. The van der Waals surface area contributed by atoms with E-state index in [9.17, 15) is 14.4 Å². The minimum atomic E-state index is -1.65. The molecule has 0 unspecified atom stereocenters. The Morgan fingerprint density at radius 2 is 1.88 bits per heavy atom. The number of hydrogen-bond donors (Lipinski definition) is 1. The van der Waals surface area contributed by atoms with E-state index >= 15 is 0 Å². The minimum absolute atomic E-state index is 0.0737. The molecule has 1 amide bonds. The molecule has 2 aliphatic rings. The third-order valence-corrected chi connectivity index (χ3v) is 6.09. The Kier molecular flexibility index (Phi) is 3.48. The number of anilines is 2. The van der Waals surface area contributed by atoms with Crippen molar-refractivity contribution in [2.45, 2.75) is 5.41 Å². The standard InChI is InChI=1S/C23H15N3O6/c1-30-15(27)10-26-17-12-7-3-5-9-14(12)31-20(28)16(17)23(21(26)29)13-8-4-2-6-11(13)18-19(23)25-22(24)32-18/h2-9H,10H2,1H3,(H2,24,25)/t23-/m1/s1. The van der Waals surface area contributed by atoms with E-state index in [1.807, 2.05) is 0 Å². The molecule has 3 heterocycles. The van der Waals surface area contributed by atoms with E-state index in [0.717, 1.165) is 0 Å². The zero-order valence-electron chi connectivity index (χ0n) is 16.7. The van der Waals surface area contributed by atoms with E-state index in [1.165, 1.54) is 12.0 Å². The maximum absolute atomic E-state index is 14.2. The fourth-order valence-corrected chi connectivity index (χ4v) is 4.88. The molecule has 32 heavy (non-hydrogen) atoms. The van der Waals surface area contributed by atoms with Crippen molar-refractivity contribution in [3.8, 4) is 11.3 Å². The molecule has 2 N–H and O–H groups in total. The molecule has 0 bridgehead atoms. The number of benzene rings is 2. The summed E-state index contributed by atoms with van der Waals surface area (Å²) in [6.45, 7) is -0.387. The molecule has 2 aromatic carbocycles. The number of aromatic nitrogens is 1. The molecule has 1 atom stereocenters. The van der Waals surface area contributed by atoms with Crippen molar-refractivity contribution in [2.75, 3.05) is 24.3 Å². The topological polar surface area (TPSA) is 129 Å². The van der Waals surface area contributed by atoms with Crippen LogP contribution < -0.4 is 16.3 Å². The van der Waals surface area contributed by atoms with E-state index < -0.39 is 22.9 Å². The number of nitrogen functional groups attached to an aromatic ring is 1. The lowest BCUT2D eigenvalue weighted by Gasteiger charge is -2.23. The number of rotatable bonds is 2. The van der Waals surface area contributed by atoms with Crippen LogP contribution in [0.4, 0.5) is 11.7 Å². The van der Waals surface area contributed by atoms with Crippen LogP contribution in [0.1, 0.15) is 16.8 Å². The largest absolute Gasteiger partial charge is 0.468 e. The summed E-state index contributed by atoms with van der Waals surface area (Å²) in [5.74, 6) is -0.851. The molecule has 4 aromatic rings. The van der Waals surface area contributed by atoms with Gasteiger partial charge >= 0.3 is 11.6 Å². The van der Waals surface area contributed by atoms with E-state index in [-0.39, 0.29) is 29.5 Å². The Bertz CT molecular complexity index is 1530. The van der Waals surface area contributed by atoms with Gasteiger partial charge in [0.1, 0.15) is 17.8 Å². The summed E-state index contributed by atoms with van der Waals surface area (Å²) in [6, 6.07) is 13.8. The molecule has 1 spiro atoms. The molecular weight excluding hydrogens is 414 g/mol. The first-order chi connectivity index (χ1) is 15.5. The number of carbonyl (C=O) groups excluding carboxylic acids is 2. The highest BCUT2D eigenvalue weighted by molar-refractivity contribution is 6.21. The number of esters is 1. The number of nitrogens with zero attached hydrogens (tertiary/aromatic N) is 2. The number of methoxy groups -OCH3 is 1. The Morgan fingerprint density at radius 3 is 2.69 bits per heavy atom. The van der Waals surface area contributed by atoms with E-state index in [0.29, 0.717) is 27.9 Å². The van der Waals surface area contributed by atoms with Crippen LogP contribution in [0.2, 0.25) is 0 Å². The molecule has 1 aliphatic heterocycles. The normalized spacial score (nSPS) is 18.2. The highest BCUT2D eigenvalue weighted by Crippen LogP contribution is 2.58. The van der Waals surface area contributed by atoms with Crippen LogP contribution in [0, 0.1) is 0 Å². The first kappa shape index (κ1) is 18.4. The Hall–Kier alpha value is -4.40. The summed E-state index contributed by atoms with van der Waals surface area (Å²) in [5, 5.41) is 0.513. The summed E-state index contributed by atoms with van der Waals surface area (Å²) < 4.78 is 16.1. The third kappa shape index (κ3) is 2.02. The van der Waals surface area contributed by atoms with Crippen molar-refractivity contribution in [2.24, 2.45) is 0 Å². The highest BCUT2D eigenvalue weighted by Gasteiger charge is 2.63. The molecule has 9 heteroatoms. The Labute approximate surface area is 180 Å². The van der Waals surface area contributed by atoms with Gasteiger partial charge in [-0.05, 0) is 17.7 Å². The minimum Gasteiger partial charge on any atom is -0.468 e. The predicted molar refractivity (Wildman–Crippen MR) is 113 cm³/mol. The van der Waals surface area contributed by atoms with Gasteiger partial charge in [0.2, 0.25) is 5.91 Å². The van der Waals surface area contributed by atoms with E-state index in [2.05, 4.69) is 4.98 Å². The van der Waals surface area contributed by atoms with Crippen LogP contribution in [-0.2, 0) is 19.7 Å². The number of oxazole rings is 1. The van der Waals surface area contributed by atoms with Gasteiger partial charge in [0.25, 0.3) is 6.01 Å². The molecule has 2 aromatic heterocycles. The van der Waals surface area contributed by atoms with Gasteiger partial charge in [-0.3, -0.25) is 14.5 Å². The van der Waals surface area contributed by atoms with Gasteiger partial charge in [-0.2, -0.15) is 4.98 Å². The SMILES string of the molecule is COC(=O)CN1C(=O)[C@]2(c3ccccc3-c3oc(N)nc32)c2c1c1ccccc1oc2=O. The fraction of sp³-hybridized carbons (Fsp3) is 0.130. The van der Waals surface area contributed by atoms with Crippen molar-refractivity contribution >= 4 is 34.5 Å². The monoisotopic (exact) mass is 429 g/mol. The first-order valence-corrected chi connectivity index (χ1v) is 9.80. The van der Waals surface area contributed by atoms with E-state index in [4.69, 9.17) is 19.3 Å². The van der Waals surface area contributed by atoms with Crippen molar-refractivity contribution < 1.29 is 23.2 Å². The lowest BCUT2D eigenvalue weighted by atomic mass is 9.76.